The van der Waals surface area contributed by atoms with Crippen molar-refractivity contribution in [2.45, 2.75) is 13.8 Å². The van der Waals surface area contributed by atoms with E-state index in [0.29, 0.717) is 0 Å². The maximum Gasteiger partial charge on any atom is 0.228 e. The summed E-state index contributed by atoms with van der Waals surface area (Å²) in [5.41, 5.74) is 3.19. The smallest absolute Gasteiger partial charge is 0.228 e. The number of aryl methyl sites for hydroxylation is 1. The second-order valence-corrected chi connectivity index (χ2v) is 4.39. The summed E-state index contributed by atoms with van der Waals surface area (Å²) >= 11 is 0. The van der Waals surface area contributed by atoms with Gasteiger partial charge in [-0.25, -0.2) is 0 Å². The van der Waals surface area contributed by atoms with Crippen LogP contribution in [0.4, 0.5) is 0 Å². The minimum absolute atomic E-state index is 0. The first kappa shape index (κ1) is 10.1. The first-order chi connectivity index (χ1) is 8.18. The Morgan fingerprint density at radius 2 is 1.76 bits per heavy atom. The molecule has 2 aromatic carbocycles. The van der Waals surface area contributed by atoms with Gasteiger partial charge in [0.1, 0.15) is 0 Å². The molecule has 0 amide bonds. The molecule has 17 heavy (non-hydrogen) atoms. The Bertz CT molecular complexity index is 743. The van der Waals surface area contributed by atoms with E-state index in [9.17, 15) is 4.79 Å². The largest absolute Gasteiger partial charge is 0.280 e. The maximum atomic E-state index is 11.8. The molecule has 0 atom stereocenters. The zero-order valence-electron chi connectivity index (χ0n) is 9.90. The summed E-state index contributed by atoms with van der Waals surface area (Å²) in [5.74, 6) is 0.0556. The van der Waals surface area contributed by atoms with Gasteiger partial charge in [-0.1, -0.05) is 29.8 Å². The zero-order valence-corrected chi connectivity index (χ0v) is 9.90. The Hall–Kier alpha value is -2.09. The van der Waals surface area contributed by atoms with Crippen LogP contribution in [0.15, 0.2) is 42.5 Å². The van der Waals surface area contributed by atoms with Gasteiger partial charge in [0.2, 0.25) is 5.91 Å². The molecule has 0 saturated carbocycles. The summed E-state index contributed by atoms with van der Waals surface area (Å²) in [6.45, 7) is 3.67. The van der Waals surface area contributed by atoms with Crippen LogP contribution in [-0.4, -0.2) is 10.5 Å². The van der Waals surface area contributed by atoms with E-state index >= 15 is 0 Å². The average Bonchev–Trinajstić information content (AvgIpc) is 2.63. The minimum atomic E-state index is 0. The van der Waals surface area contributed by atoms with Crippen molar-refractivity contribution in [1.82, 2.24) is 4.57 Å². The van der Waals surface area contributed by atoms with Gasteiger partial charge in [-0.15, -0.1) is 0 Å². The molecule has 86 valence electrons. The van der Waals surface area contributed by atoms with Gasteiger partial charge in [0, 0.05) is 19.1 Å². The highest BCUT2D eigenvalue weighted by Crippen LogP contribution is 2.29. The number of rotatable bonds is 0. The highest BCUT2D eigenvalue weighted by atomic mass is 16.1. The van der Waals surface area contributed by atoms with Crippen LogP contribution in [0.1, 0.15) is 18.7 Å². The maximum absolute atomic E-state index is 11.8. The standard InChI is InChI=1S/C15H13NO.H2/c1-10-7-8-15-13(9-10)12-5-3-4-6-14(12)16(15)11(2)17;/h3-9H,1-2H3;1H. The van der Waals surface area contributed by atoms with Crippen molar-refractivity contribution in [2.24, 2.45) is 0 Å². The van der Waals surface area contributed by atoms with Gasteiger partial charge in [0.25, 0.3) is 0 Å². The molecule has 0 radical (unpaired) electrons. The molecule has 1 aromatic heterocycles. The summed E-state index contributed by atoms with van der Waals surface area (Å²) in [7, 11) is 0. The van der Waals surface area contributed by atoms with Crippen LogP contribution in [0.3, 0.4) is 0 Å². The molecule has 0 aliphatic heterocycles. The molecule has 0 unspecified atom stereocenters. The second kappa shape index (κ2) is 3.45. The number of nitrogens with zero attached hydrogens (tertiary/aromatic N) is 1. The third kappa shape index (κ3) is 1.37. The SMILES string of the molecule is CC(=O)n1c2ccccc2c2cc(C)ccc21.[HH]. The molecule has 3 rings (SSSR count). The third-order valence-electron chi connectivity index (χ3n) is 3.14. The van der Waals surface area contributed by atoms with Crippen molar-refractivity contribution < 1.29 is 6.22 Å². The third-order valence-corrected chi connectivity index (χ3v) is 3.14. The van der Waals surface area contributed by atoms with Gasteiger partial charge in [-0.3, -0.25) is 9.36 Å². The Balaban J connectivity index is 0.00000120. The molecule has 0 spiro atoms. The lowest BCUT2D eigenvalue weighted by Crippen LogP contribution is -2.04. The fourth-order valence-corrected chi connectivity index (χ4v) is 2.43. The van der Waals surface area contributed by atoms with Crippen LogP contribution in [0.2, 0.25) is 0 Å². The second-order valence-electron chi connectivity index (χ2n) is 4.39. The van der Waals surface area contributed by atoms with E-state index < -0.39 is 0 Å². The predicted molar refractivity (Wildman–Crippen MR) is 72.6 cm³/mol. The molecule has 3 aromatic rings. The van der Waals surface area contributed by atoms with E-state index in [1.165, 1.54) is 5.56 Å². The lowest BCUT2D eigenvalue weighted by atomic mass is 10.1. The molecule has 0 aliphatic carbocycles. The van der Waals surface area contributed by atoms with E-state index in [2.05, 4.69) is 19.1 Å². The van der Waals surface area contributed by atoms with Crippen molar-refractivity contribution in [2.75, 3.05) is 0 Å². The van der Waals surface area contributed by atoms with E-state index in [-0.39, 0.29) is 7.33 Å². The fraction of sp³-hybridized carbons (Fsp3) is 0.133. The van der Waals surface area contributed by atoms with E-state index in [4.69, 9.17) is 0 Å². The molecular weight excluding hydrogens is 210 g/mol. The van der Waals surface area contributed by atoms with Crippen LogP contribution < -0.4 is 0 Å². The van der Waals surface area contributed by atoms with E-state index in [0.717, 1.165) is 21.8 Å². The number of carbonyl (C=O) groups is 1. The lowest BCUT2D eigenvalue weighted by Gasteiger charge is -2.01. The number of para-hydroxylation sites is 1. The number of benzene rings is 2. The molecule has 0 N–H and O–H groups in total. The summed E-state index contributed by atoms with van der Waals surface area (Å²) in [4.78, 5) is 11.8. The Labute approximate surface area is 101 Å². The van der Waals surface area contributed by atoms with Crippen molar-refractivity contribution in [1.29, 1.82) is 0 Å². The number of aromatic nitrogens is 1. The normalized spacial score (nSPS) is 11.2. The summed E-state index contributed by atoms with van der Waals surface area (Å²) in [6, 6.07) is 14.2. The Morgan fingerprint density at radius 1 is 1.06 bits per heavy atom. The molecule has 0 fully saturated rings. The van der Waals surface area contributed by atoms with Crippen molar-refractivity contribution in [3.8, 4) is 0 Å². The van der Waals surface area contributed by atoms with Gasteiger partial charge < -0.3 is 0 Å². The molecule has 0 bridgehead atoms. The summed E-state index contributed by atoms with van der Waals surface area (Å²) < 4.78 is 1.78. The van der Waals surface area contributed by atoms with Crippen LogP contribution in [0, 0.1) is 6.92 Å². The predicted octanol–water partition coefficient (Wildman–Crippen LogP) is 4.01. The Morgan fingerprint density at radius 3 is 2.53 bits per heavy atom. The van der Waals surface area contributed by atoms with Gasteiger partial charge >= 0.3 is 0 Å². The zero-order chi connectivity index (χ0) is 12.0. The Kier molecular flexibility index (Phi) is 2.05. The van der Waals surface area contributed by atoms with Gasteiger partial charge in [-0.05, 0) is 25.1 Å². The van der Waals surface area contributed by atoms with Crippen LogP contribution in [-0.2, 0) is 0 Å². The fourth-order valence-electron chi connectivity index (χ4n) is 2.43. The minimum Gasteiger partial charge on any atom is -0.280 e. The lowest BCUT2D eigenvalue weighted by molar-refractivity contribution is 0.0946. The van der Waals surface area contributed by atoms with E-state index in [1.807, 2.05) is 30.3 Å². The molecule has 0 saturated heterocycles. The van der Waals surface area contributed by atoms with Gasteiger partial charge in [0.15, 0.2) is 0 Å². The first-order valence-corrected chi connectivity index (χ1v) is 5.69. The summed E-state index contributed by atoms with van der Waals surface area (Å²) in [6.07, 6.45) is 0. The van der Waals surface area contributed by atoms with Crippen LogP contribution in [0.25, 0.3) is 21.8 Å². The highest BCUT2D eigenvalue weighted by Gasteiger charge is 2.12. The topological polar surface area (TPSA) is 22.0 Å². The van der Waals surface area contributed by atoms with Gasteiger partial charge in [0.05, 0.1) is 11.0 Å². The number of hydrogen-bond acceptors (Lipinski definition) is 1. The number of hydrogen-bond donors (Lipinski definition) is 0. The van der Waals surface area contributed by atoms with E-state index in [1.54, 1.807) is 11.5 Å². The van der Waals surface area contributed by atoms with Crippen molar-refractivity contribution >= 4 is 27.7 Å². The van der Waals surface area contributed by atoms with Crippen molar-refractivity contribution in [3.05, 3.63) is 48.0 Å². The quantitative estimate of drug-likeness (QED) is 0.566. The molecule has 1 heterocycles. The number of carbonyl (C=O) groups excluding carboxylic acids is 1. The molecule has 2 heteroatoms. The van der Waals surface area contributed by atoms with Crippen LogP contribution in [0.5, 0.6) is 0 Å². The number of fused-ring (bicyclic) bond motifs is 3. The summed E-state index contributed by atoms with van der Waals surface area (Å²) in [5, 5.41) is 2.29. The average molecular weight is 225 g/mol. The molecule has 2 nitrogen and oxygen atoms in total. The highest BCUT2D eigenvalue weighted by molar-refractivity contribution is 6.13. The monoisotopic (exact) mass is 225 g/mol. The van der Waals surface area contributed by atoms with Crippen LogP contribution >= 0.6 is 0 Å². The van der Waals surface area contributed by atoms with Gasteiger partial charge in [-0.2, -0.15) is 0 Å². The molecule has 0 aliphatic rings. The first-order valence-electron chi connectivity index (χ1n) is 5.69. The van der Waals surface area contributed by atoms with Crippen molar-refractivity contribution in [3.63, 3.8) is 0 Å². The molecular formula is C15H15NO.